The zero-order chi connectivity index (χ0) is 15.2. The molecule has 5 heteroatoms. The quantitative estimate of drug-likeness (QED) is 0.881. The van der Waals surface area contributed by atoms with Crippen molar-refractivity contribution in [3.05, 3.63) is 58.1 Å². The lowest BCUT2D eigenvalue weighted by atomic mass is 10.1. The predicted molar refractivity (Wildman–Crippen MR) is 87.4 cm³/mol. The maximum Gasteiger partial charge on any atom is 0.255 e. The molecule has 1 amide bonds. The molecule has 0 spiro atoms. The number of nitrogens with zero attached hydrogens (tertiary/aromatic N) is 1. The molecule has 0 aliphatic heterocycles. The topological polar surface area (TPSA) is 64.9 Å². The Bertz CT molecular complexity index is 690. The number of hydrogen-bond donors (Lipinski definition) is 2. The molecule has 2 rings (SSSR count). The number of carbonyl (C=O) groups is 1. The number of anilines is 2. The van der Waals surface area contributed by atoms with E-state index in [4.69, 9.17) is 5.26 Å². The van der Waals surface area contributed by atoms with Crippen LogP contribution in [0.3, 0.4) is 0 Å². The second kappa shape index (κ2) is 6.91. The summed E-state index contributed by atoms with van der Waals surface area (Å²) < 4.78 is 0.798. The van der Waals surface area contributed by atoms with Crippen molar-refractivity contribution in [2.24, 2.45) is 0 Å². The van der Waals surface area contributed by atoms with Crippen molar-refractivity contribution < 1.29 is 4.79 Å². The summed E-state index contributed by atoms with van der Waals surface area (Å²) in [5, 5.41) is 15.0. The molecule has 2 N–H and O–H groups in total. The molecule has 0 unspecified atom stereocenters. The number of hydrogen-bond acceptors (Lipinski definition) is 3. The lowest BCUT2D eigenvalue weighted by molar-refractivity contribution is 0.102. The molecule has 4 nitrogen and oxygen atoms in total. The van der Waals surface area contributed by atoms with Gasteiger partial charge in [-0.2, -0.15) is 5.26 Å². The molecule has 0 saturated heterocycles. The summed E-state index contributed by atoms with van der Waals surface area (Å²) in [4.78, 5) is 12.2. The molecule has 106 valence electrons. The highest BCUT2D eigenvalue weighted by molar-refractivity contribution is 9.10. The first kappa shape index (κ1) is 15.1. The molecule has 2 aromatic rings. The molecule has 0 fully saturated rings. The Morgan fingerprint density at radius 2 is 1.95 bits per heavy atom. The first-order valence-corrected chi connectivity index (χ1v) is 7.28. The van der Waals surface area contributed by atoms with E-state index in [1.807, 2.05) is 19.1 Å². The van der Waals surface area contributed by atoms with Gasteiger partial charge in [-0.3, -0.25) is 4.79 Å². The summed E-state index contributed by atoms with van der Waals surface area (Å²) in [5.41, 5.74) is 2.43. The van der Waals surface area contributed by atoms with Crippen LogP contribution in [0.15, 0.2) is 46.9 Å². The van der Waals surface area contributed by atoms with E-state index in [1.165, 1.54) is 0 Å². The van der Waals surface area contributed by atoms with Crippen LogP contribution < -0.4 is 10.6 Å². The van der Waals surface area contributed by atoms with Gasteiger partial charge in [-0.05, 0) is 49.4 Å². The van der Waals surface area contributed by atoms with Crippen molar-refractivity contribution in [1.29, 1.82) is 5.26 Å². The van der Waals surface area contributed by atoms with Crippen molar-refractivity contribution in [1.82, 2.24) is 0 Å². The van der Waals surface area contributed by atoms with Crippen molar-refractivity contribution in [2.45, 2.75) is 6.92 Å². The van der Waals surface area contributed by atoms with Gasteiger partial charge in [-0.25, -0.2) is 0 Å². The number of halogens is 1. The van der Waals surface area contributed by atoms with Gasteiger partial charge in [0.05, 0.1) is 11.3 Å². The van der Waals surface area contributed by atoms with Crippen molar-refractivity contribution in [3.63, 3.8) is 0 Å². The molecular weight excluding hydrogens is 330 g/mol. The van der Waals surface area contributed by atoms with E-state index < -0.39 is 0 Å². The van der Waals surface area contributed by atoms with Crippen LogP contribution in [0.4, 0.5) is 11.4 Å². The monoisotopic (exact) mass is 343 g/mol. The number of benzene rings is 2. The fraction of sp³-hybridized carbons (Fsp3) is 0.125. The summed E-state index contributed by atoms with van der Waals surface area (Å²) in [7, 11) is 0. The Kier molecular flexibility index (Phi) is 4.96. The number of nitriles is 1. The highest BCUT2D eigenvalue weighted by Gasteiger charge is 2.09. The van der Waals surface area contributed by atoms with Crippen LogP contribution in [0.25, 0.3) is 0 Å². The van der Waals surface area contributed by atoms with Gasteiger partial charge in [0.2, 0.25) is 0 Å². The van der Waals surface area contributed by atoms with Gasteiger partial charge in [0.25, 0.3) is 5.91 Å². The lowest BCUT2D eigenvalue weighted by Crippen LogP contribution is -2.13. The second-order valence-corrected chi connectivity index (χ2v) is 5.28. The molecule has 21 heavy (non-hydrogen) atoms. The maximum absolute atomic E-state index is 12.2. The van der Waals surface area contributed by atoms with Gasteiger partial charge < -0.3 is 10.6 Å². The molecule has 0 heterocycles. The van der Waals surface area contributed by atoms with Gasteiger partial charge in [0.1, 0.15) is 6.07 Å². The van der Waals surface area contributed by atoms with Crippen LogP contribution >= 0.6 is 15.9 Å². The fourth-order valence-electron chi connectivity index (χ4n) is 1.86. The fourth-order valence-corrected chi connectivity index (χ4v) is 2.22. The molecule has 0 saturated carbocycles. The molecule has 0 radical (unpaired) electrons. The van der Waals surface area contributed by atoms with Crippen molar-refractivity contribution in [3.8, 4) is 6.07 Å². The van der Waals surface area contributed by atoms with Gasteiger partial charge in [-0.15, -0.1) is 0 Å². The van der Waals surface area contributed by atoms with Gasteiger partial charge in [0.15, 0.2) is 0 Å². The summed E-state index contributed by atoms with van der Waals surface area (Å²) >= 11 is 3.30. The highest BCUT2D eigenvalue weighted by Crippen LogP contribution is 2.21. The first-order valence-electron chi connectivity index (χ1n) is 6.49. The average molecular weight is 344 g/mol. The van der Waals surface area contributed by atoms with E-state index in [1.54, 1.807) is 30.3 Å². The van der Waals surface area contributed by atoms with E-state index in [2.05, 4.69) is 32.6 Å². The van der Waals surface area contributed by atoms with E-state index in [-0.39, 0.29) is 5.91 Å². The van der Waals surface area contributed by atoms with Crippen LogP contribution in [0.5, 0.6) is 0 Å². The minimum atomic E-state index is -0.239. The summed E-state index contributed by atoms with van der Waals surface area (Å²) in [6.45, 7) is 2.84. The predicted octanol–water partition coefficient (Wildman–Crippen LogP) is 4.00. The standard InChI is InChI=1S/C16H14BrN3O/c1-2-19-14-6-3-11(4-7-14)16(21)20-15-8-5-13(17)9-12(15)10-18/h3-9,19H,2H2,1H3,(H,20,21). The second-order valence-electron chi connectivity index (χ2n) is 4.36. The maximum atomic E-state index is 12.2. The third-order valence-corrected chi connectivity index (χ3v) is 3.37. The Hall–Kier alpha value is -2.32. The Labute approximate surface area is 131 Å². The number of amides is 1. The molecule has 0 atom stereocenters. The third kappa shape index (κ3) is 3.83. The van der Waals surface area contributed by atoms with E-state index >= 15 is 0 Å². The normalized spacial score (nSPS) is 9.76. The minimum absolute atomic E-state index is 0.239. The number of rotatable bonds is 4. The van der Waals surface area contributed by atoms with Crippen LogP contribution in [-0.2, 0) is 0 Å². The molecular formula is C16H14BrN3O. The van der Waals surface area contributed by atoms with Crippen LogP contribution in [0, 0.1) is 11.3 Å². The highest BCUT2D eigenvalue weighted by atomic mass is 79.9. The SMILES string of the molecule is CCNc1ccc(C(=O)Nc2ccc(Br)cc2C#N)cc1. The largest absolute Gasteiger partial charge is 0.385 e. The first-order chi connectivity index (χ1) is 10.1. The third-order valence-electron chi connectivity index (χ3n) is 2.88. The van der Waals surface area contributed by atoms with E-state index in [0.717, 1.165) is 16.7 Å². The molecule has 2 aromatic carbocycles. The molecule has 0 aromatic heterocycles. The summed E-state index contributed by atoms with van der Waals surface area (Å²) in [6, 6.07) is 14.4. The van der Waals surface area contributed by atoms with Crippen LogP contribution in [0.2, 0.25) is 0 Å². The van der Waals surface area contributed by atoms with Crippen molar-refractivity contribution in [2.75, 3.05) is 17.2 Å². The molecule has 0 aliphatic rings. The van der Waals surface area contributed by atoms with E-state index in [9.17, 15) is 4.79 Å². The molecule has 0 bridgehead atoms. The van der Waals surface area contributed by atoms with Crippen LogP contribution in [-0.4, -0.2) is 12.5 Å². The van der Waals surface area contributed by atoms with E-state index in [0.29, 0.717) is 16.8 Å². The number of carbonyl (C=O) groups excluding carboxylic acids is 1. The Morgan fingerprint density at radius 3 is 2.57 bits per heavy atom. The lowest BCUT2D eigenvalue weighted by Gasteiger charge is -2.08. The van der Waals surface area contributed by atoms with Gasteiger partial charge in [0, 0.05) is 22.3 Å². The summed E-state index contributed by atoms with van der Waals surface area (Å²) in [6.07, 6.45) is 0. The number of nitrogens with one attached hydrogen (secondary N) is 2. The average Bonchev–Trinajstić information content (AvgIpc) is 2.50. The Morgan fingerprint density at radius 1 is 1.24 bits per heavy atom. The Balaban J connectivity index is 2.16. The zero-order valence-electron chi connectivity index (χ0n) is 11.5. The molecule has 0 aliphatic carbocycles. The zero-order valence-corrected chi connectivity index (χ0v) is 13.1. The van der Waals surface area contributed by atoms with Crippen LogP contribution in [0.1, 0.15) is 22.8 Å². The van der Waals surface area contributed by atoms with Gasteiger partial charge in [-0.1, -0.05) is 15.9 Å². The summed E-state index contributed by atoms with van der Waals surface area (Å²) in [5.74, 6) is -0.239. The smallest absolute Gasteiger partial charge is 0.255 e. The van der Waals surface area contributed by atoms with Crippen molar-refractivity contribution >= 4 is 33.2 Å². The minimum Gasteiger partial charge on any atom is -0.385 e. The van der Waals surface area contributed by atoms with Gasteiger partial charge >= 0.3 is 0 Å².